The standard InChI is InChI=1S/C24H27N3O3S/c1-5-26(6-2)19-10-8-18(9-11-19)14-21-23(29)27(24(30)31-21)15-22(28)25-20-12-7-16(3)13-17(20)4/h7-14H,5-6,15H2,1-4H3,(H,25,28)/b21-14+. The van der Waals surface area contributed by atoms with Crippen molar-refractivity contribution < 1.29 is 14.4 Å². The van der Waals surface area contributed by atoms with Crippen molar-refractivity contribution in [3.05, 3.63) is 64.1 Å². The number of thioether (sulfide) groups is 1. The molecule has 3 amide bonds. The highest BCUT2D eigenvalue weighted by Crippen LogP contribution is 2.32. The summed E-state index contributed by atoms with van der Waals surface area (Å²) in [7, 11) is 0. The molecule has 31 heavy (non-hydrogen) atoms. The minimum atomic E-state index is -0.446. The second-order valence-electron chi connectivity index (χ2n) is 7.40. The summed E-state index contributed by atoms with van der Waals surface area (Å²) in [6.45, 7) is 9.60. The van der Waals surface area contributed by atoms with E-state index in [1.54, 1.807) is 6.08 Å². The zero-order chi connectivity index (χ0) is 22.5. The van der Waals surface area contributed by atoms with Crippen LogP contribution in [0.1, 0.15) is 30.5 Å². The molecule has 1 heterocycles. The van der Waals surface area contributed by atoms with E-state index in [0.29, 0.717) is 10.6 Å². The fraction of sp³-hybridized carbons (Fsp3) is 0.292. The molecule has 1 aliphatic heterocycles. The Hall–Kier alpha value is -3.06. The van der Waals surface area contributed by atoms with E-state index in [2.05, 4.69) is 24.1 Å². The monoisotopic (exact) mass is 437 g/mol. The molecule has 0 atom stereocenters. The summed E-state index contributed by atoms with van der Waals surface area (Å²) in [5.41, 5.74) is 4.64. The van der Waals surface area contributed by atoms with Gasteiger partial charge in [0.1, 0.15) is 6.54 Å². The lowest BCUT2D eigenvalue weighted by Crippen LogP contribution is -2.36. The number of aryl methyl sites for hydroxylation is 2. The number of hydrogen-bond donors (Lipinski definition) is 1. The quantitative estimate of drug-likeness (QED) is 0.629. The molecule has 0 aliphatic carbocycles. The van der Waals surface area contributed by atoms with Crippen molar-refractivity contribution in [2.24, 2.45) is 0 Å². The molecule has 2 aromatic carbocycles. The van der Waals surface area contributed by atoms with Gasteiger partial charge in [-0.05, 0) is 74.9 Å². The molecule has 1 saturated heterocycles. The van der Waals surface area contributed by atoms with E-state index in [0.717, 1.165) is 52.1 Å². The largest absolute Gasteiger partial charge is 0.372 e. The molecule has 0 aromatic heterocycles. The van der Waals surface area contributed by atoms with Gasteiger partial charge in [-0.15, -0.1) is 0 Å². The van der Waals surface area contributed by atoms with Crippen molar-refractivity contribution in [1.82, 2.24) is 4.90 Å². The van der Waals surface area contributed by atoms with Crippen molar-refractivity contribution in [1.29, 1.82) is 0 Å². The van der Waals surface area contributed by atoms with E-state index in [1.807, 2.05) is 56.3 Å². The van der Waals surface area contributed by atoms with Crippen LogP contribution >= 0.6 is 11.8 Å². The number of hydrogen-bond acceptors (Lipinski definition) is 5. The Morgan fingerprint density at radius 3 is 2.35 bits per heavy atom. The van der Waals surface area contributed by atoms with E-state index in [-0.39, 0.29) is 6.54 Å². The Labute approximate surface area is 187 Å². The van der Waals surface area contributed by atoms with Gasteiger partial charge in [0.25, 0.3) is 11.1 Å². The molecular formula is C24H27N3O3S. The molecule has 6 nitrogen and oxygen atoms in total. The molecule has 0 radical (unpaired) electrons. The van der Waals surface area contributed by atoms with Crippen molar-refractivity contribution in [3.8, 4) is 0 Å². The molecule has 0 spiro atoms. The number of imide groups is 1. The minimum absolute atomic E-state index is 0.309. The number of amides is 3. The van der Waals surface area contributed by atoms with E-state index in [9.17, 15) is 14.4 Å². The van der Waals surface area contributed by atoms with Gasteiger partial charge in [-0.25, -0.2) is 0 Å². The molecule has 0 saturated carbocycles. The van der Waals surface area contributed by atoms with Crippen molar-refractivity contribution in [3.63, 3.8) is 0 Å². The van der Waals surface area contributed by atoms with E-state index < -0.39 is 17.1 Å². The molecule has 1 N–H and O–H groups in total. The average molecular weight is 438 g/mol. The number of rotatable bonds is 7. The number of anilines is 2. The molecule has 1 aliphatic rings. The first-order chi connectivity index (χ1) is 14.8. The number of carbonyl (C=O) groups is 3. The first-order valence-corrected chi connectivity index (χ1v) is 11.1. The average Bonchev–Trinajstić information content (AvgIpc) is 2.99. The maximum Gasteiger partial charge on any atom is 0.294 e. The molecule has 2 aromatic rings. The van der Waals surface area contributed by atoms with Crippen LogP contribution in [-0.4, -0.2) is 41.6 Å². The van der Waals surface area contributed by atoms with Gasteiger partial charge in [0.15, 0.2) is 0 Å². The lowest BCUT2D eigenvalue weighted by molar-refractivity contribution is -0.127. The first-order valence-electron chi connectivity index (χ1n) is 10.3. The van der Waals surface area contributed by atoms with Crippen molar-refractivity contribution >= 4 is 46.3 Å². The van der Waals surface area contributed by atoms with E-state index in [1.165, 1.54) is 0 Å². The number of benzene rings is 2. The molecule has 1 fully saturated rings. The SMILES string of the molecule is CCN(CC)c1ccc(/C=C2/SC(=O)N(CC(=O)Nc3ccc(C)cc3C)C2=O)cc1. The van der Waals surface area contributed by atoms with Crippen LogP contribution < -0.4 is 10.2 Å². The lowest BCUT2D eigenvalue weighted by Gasteiger charge is -2.20. The predicted octanol–water partition coefficient (Wildman–Crippen LogP) is 4.82. The van der Waals surface area contributed by atoms with E-state index in [4.69, 9.17) is 0 Å². The van der Waals surface area contributed by atoms with Gasteiger partial charge in [-0.1, -0.05) is 29.8 Å². The fourth-order valence-electron chi connectivity index (χ4n) is 3.44. The highest BCUT2D eigenvalue weighted by Gasteiger charge is 2.36. The van der Waals surface area contributed by atoms with Crippen LogP contribution in [0.25, 0.3) is 6.08 Å². The van der Waals surface area contributed by atoms with Crippen LogP contribution in [0.15, 0.2) is 47.4 Å². The zero-order valence-corrected chi connectivity index (χ0v) is 19.1. The summed E-state index contributed by atoms with van der Waals surface area (Å²) in [5, 5.41) is 2.34. The van der Waals surface area contributed by atoms with Gasteiger partial charge >= 0.3 is 0 Å². The smallest absolute Gasteiger partial charge is 0.294 e. The lowest BCUT2D eigenvalue weighted by atomic mass is 10.1. The number of nitrogens with one attached hydrogen (secondary N) is 1. The fourth-order valence-corrected chi connectivity index (χ4v) is 4.28. The second-order valence-corrected chi connectivity index (χ2v) is 8.39. The Bertz CT molecular complexity index is 1030. The Morgan fingerprint density at radius 1 is 1.06 bits per heavy atom. The molecule has 7 heteroatoms. The normalized spacial score (nSPS) is 15.0. The van der Waals surface area contributed by atoms with Gasteiger partial charge < -0.3 is 10.2 Å². The van der Waals surface area contributed by atoms with Crippen molar-refractivity contribution in [2.45, 2.75) is 27.7 Å². The van der Waals surface area contributed by atoms with Crippen LogP contribution in [-0.2, 0) is 9.59 Å². The summed E-state index contributed by atoms with van der Waals surface area (Å²) in [5.74, 6) is -0.849. The van der Waals surface area contributed by atoms with Gasteiger partial charge in [-0.3, -0.25) is 19.3 Å². The second kappa shape index (κ2) is 9.83. The summed E-state index contributed by atoms with van der Waals surface area (Å²) in [4.78, 5) is 41.0. The molecule has 0 bridgehead atoms. The third kappa shape index (κ3) is 5.35. The molecule has 0 unspecified atom stereocenters. The van der Waals surface area contributed by atoms with Gasteiger partial charge in [0.05, 0.1) is 4.91 Å². The van der Waals surface area contributed by atoms with Crippen LogP contribution in [0.3, 0.4) is 0 Å². The number of nitrogens with zero attached hydrogens (tertiary/aromatic N) is 2. The molecule has 162 valence electrons. The summed E-state index contributed by atoms with van der Waals surface area (Å²) >= 11 is 0.858. The maximum absolute atomic E-state index is 12.7. The van der Waals surface area contributed by atoms with Crippen LogP contribution in [0.2, 0.25) is 0 Å². The third-order valence-corrected chi connectivity index (χ3v) is 6.06. The van der Waals surface area contributed by atoms with Crippen LogP contribution in [0.4, 0.5) is 16.2 Å². The summed E-state index contributed by atoms with van der Waals surface area (Å²) in [6.07, 6.45) is 1.69. The summed E-state index contributed by atoms with van der Waals surface area (Å²) in [6, 6.07) is 13.5. The zero-order valence-electron chi connectivity index (χ0n) is 18.3. The van der Waals surface area contributed by atoms with Crippen molar-refractivity contribution in [2.75, 3.05) is 29.9 Å². The van der Waals surface area contributed by atoms with Gasteiger partial charge in [0.2, 0.25) is 5.91 Å². The molecular weight excluding hydrogens is 410 g/mol. The highest BCUT2D eigenvalue weighted by atomic mass is 32.2. The van der Waals surface area contributed by atoms with Gasteiger partial charge in [-0.2, -0.15) is 0 Å². The number of carbonyl (C=O) groups excluding carboxylic acids is 3. The van der Waals surface area contributed by atoms with Crippen LogP contribution in [0, 0.1) is 13.8 Å². The Balaban J connectivity index is 1.68. The van der Waals surface area contributed by atoms with Gasteiger partial charge in [0, 0.05) is 24.5 Å². The van der Waals surface area contributed by atoms with E-state index >= 15 is 0 Å². The Kier molecular flexibility index (Phi) is 7.17. The third-order valence-electron chi connectivity index (χ3n) is 5.15. The maximum atomic E-state index is 12.7. The Morgan fingerprint density at radius 2 is 1.74 bits per heavy atom. The minimum Gasteiger partial charge on any atom is -0.372 e. The predicted molar refractivity (Wildman–Crippen MR) is 127 cm³/mol. The highest BCUT2D eigenvalue weighted by molar-refractivity contribution is 8.18. The molecule has 3 rings (SSSR count). The first kappa shape index (κ1) is 22.6. The van der Waals surface area contributed by atoms with Crippen LogP contribution in [0.5, 0.6) is 0 Å². The topological polar surface area (TPSA) is 69.7 Å². The summed E-state index contributed by atoms with van der Waals surface area (Å²) < 4.78 is 0.